The van der Waals surface area contributed by atoms with Gasteiger partial charge in [-0.25, -0.2) is 4.90 Å². The van der Waals surface area contributed by atoms with Crippen LogP contribution in [0.4, 0.5) is 5.69 Å². The van der Waals surface area contributed by atoms with Gasteiger partial charge < -0.3 is 9.47 Å². The van der Waals surface area contributed by atoms with Crippen LogP contribution in [0.15, 0.2) is 140 Å². The van der Waals surface area contributed by atoms with E-state index in [1.807, 2.05) is 92.7 Å². The van der Waals surface area contributed by atoms with Gasteiger partial charge in [-0.3, -0.25) is 24.1 Å². The summed E-state index contributed by atoms with van der Waals surface area (Å²) in [6.07, 6.45) is 0.813. The Labute approximate surface area is 332 Å². The van der Waals surface area contributed by atoms with Crippen molar-refractivity contribution in [1.29, 1.82) is 0 Å². The first kappa shape index (κ1) is 37.1. The third kappa shape index (κ3) is 6.18. The maximum atomic E-state index is 14.3. The molecule has 0 radical (unpaired) electrons. The van der Waals surface area contributed by atoms with Crippen LogP contribution in [-0.4, -0.2) is 35.6 Å². The highest BCUT2D eigenvalue weighted by molar-refractivity contribution is 6.34. The predicted molar refractivity (Wildman–Crippen MR) is 220 cm³/mol. The number of benzene rings is 6. The molecule has 0 spiro atoms. The molecule has 2 aliphatic heterocycles. The van der Waals surface area contributed by atoms with Gasteiger partial charge in [0.15, 0.2) is 0 Å². The van der Waals surface area contributed by atoms with E-state index >= 15 is 0 Å². The van der Waals surface area contributed by atoms with Crippen LogP contribution in [0.3, 0.4) is 0 Å². The highest BCUT2D eigenvalue weighted by Crippen LogP contribution is 2.44. The lowest BCUT2D eigenvalue weighted by atomic mass is 9.78. The summed E-state index contributed by atoms with van der Waals surface area (Å²) in [7, 11) is 1.65. The second-order valence-corrected chi connectivity index (χ2v) is 15.0. The fourth-order valence-electron chi connectivity index (χ4n) is 8.25. The summed E-state index contributed by atoms with van der Waals surface area (Å²) in [6.45, 7) is 8.19. The molecule has 0 N–H and O–H groups in total. The number of fused-ring (bicyclic) bond motifs is 2. The normalized spacial score (nSPS) is 13.9. The van der Waals surface area contributed by atoms with Crippen LogP contribution >= 0.6 is 0 Å². The van der Waals surface area contributed by atoms with Gasteiger partial charge in [-0.1, -0.05) is 100 Å². The summed E-state index contributed by atoms with van der Waals surface area (Å²) in [6, 6.07) is 42.9. The molecule has 0 fully saturated rings. The molecule has 2 aliphatic rings. The number of carbonyl (C=O) groups excluding carboxylic acids is 4. The number of hydrogen-bond acceptors (Lipinski definition) is 6. The van der Waals surface area contributed by atoms with E-state index in [0.29, 0.717) is 52.3 Å². The Balaban J connectivity index is 1.04. The summed E-state index contributed by atoms with van der Waals surface area (Å²) in [5, 5.41) is 0. The van der Waals surface area contributed by atoms with Crippen molar-refractivity contribution in [2.75, 3.05) is 12.0 Å². The molecule has 57 heavy (non-hydrogen) atoms. The van der Waals surface area contributed by atoms with Gasteiger partial charge in [-0.15, -0.1) is 0 Å². The van der Waals surface area contributed by atoms with E-state index in [2.05, 4.69) is 26.0 Å². The number of methoxy groups -OCH3 is 1. The van der Waals surface area contributed by atoms with Gasteiger partial charge >= 0.3 is 0 Å². The fraction of sp³-hybridized carbons (Fsp3) is 0.184. The molecule has 0 aromatic heterocycles. The Morgan fingerprint density at radius 2 is 1.05 bits per heavy atom. The van der Waals surface area contributed by atoms with Gasteiger partial charge in [0.25, 0.3) is 23.6 Å². The fourth-order valence-corrected chi connectivity index (χ4v) is 8.25. The molecule has 2 heterocycles. The van der Waals surface area contributed by atoms with E-state index in [1.54, 1.807) is 55.6 Å². The number of amides is 4. The first-order valence-corrected chi connectivity index (χ1v) is 19.2. The van der Waals surface area contributed by atoms with Crippen molar-refractivity contribution in [2.45, 2.75) is 51.5 Å². The van der Waals surface area contributed by atoms with Crippen molar-refractivity contribution in [3.63, 3.8) is 0 Å². The van der Waals surface area contributed by atoms with Gasteiger partial charge in [0.05, 0.1) is 40.6 Å². The van der Waals surface area contributed by atoms with E-state index in [1.165, 1.54) is 9.80 Å². The average Bonchev–Trinajstić information content (AvgIpc) is 3.65. The smallest absolute Gasteiger partial charge is 0.266 e. The lowest BCUT2D eigenvalue weighted by Gasteiger charge is -2.40. The van der Waals surface area contributed by atoms with Gasteiger partial charge in [-0.05, 0) is 107 Å². The first-order chi connectivity index (χ1) is 27.5. The molecule has 4 amide bonds. The van der Waals surface area contributed by atoms with Crippen molar-refractivity contribution >= 4 is 29.3 Å². The SMILES string of the molecule is CCC(CC)(c1cccc(N2C(=O)c3ccc(-c4ccccc4)cc3C2=O)c1)N1C(=O)c2ccc(Oc3ccc(C(C)(C)c4ccc(OC)cc4)cc3)cc2C1=O. The molecule has 0 saturated heterocycles. The van der Waals surface area contributed by atoms with Crippen LogP contribution in [0.25, 0.3) is 11.1 Å². The lowest BCUT2D eigenvalue weighted by Crippen LogP contribution is -2.49. The van der Waals surface area contributed by atoms with Crippen LogP contribution in [-0.2, 0) is 11.0 Å². The van der Waals surface area contributed by atoms with Gasteiger partial charge in [0, 0.05) is 5.41 Å². The zero-order chi connectivity index (χ0) is 40.1. The minimum atomic E-state index is -1.06. The second kappa shape index (κ2) is 14.4. The van der Waals surface area contributed by atoms with Crippen molar-refractivity contribution < 1.29 is 28.7 Å². The molecule has 0 unspecified atom stereocenters. The molecule has 8 heteroatoms. The van der Waals surface area contributed by atoms with E-state index in [-0.39, 0.29) is 11.0 Å². The number of hydrogen-bond donors (Lipinski definition) is 0. The van der Waals surface area contributed by atoms with E-state index in [0.717, 1.165) is 28.0 Å². The average molecular weight is 755 g/mol. The van der Waals surface area contributed by atoms with Crippen LogP contribution in [0, 0.1) is 0 Å². The Kier molecular flexibility index (Phi) is 9.36. The highest BCUT2D eigenvalue weighted by atomic mass is 16.5. The number of ether oxygens (including phenoxy) is 2. The van der Waals surface area contributed by atoms with Crippen molar-refractivity contribution in [1.82, 2.24) is 4.90 Å². The molecular formula is C49H42N2O6. The van der Waals surface area contributed by atoms with E-state index in [4.69, 9.17) is 9.47 Å². The standard InChI is InChI=1S/C49H42N2O6/c1-6-49(7-2,35-14-11-15-36(29-35)50-44(52)40-26-16-32(28-42(40)45(50)53)31-12-9-8-10-13-31)51-46(54)41-27-25-39(30-43(41)47(51)55)57-38-23-19-34(20-24-38)48(3,4)33-17-21-37(56-5)22-18-33/h8-30H,6-7H2,1-5H3. The van der Waals surface area contributed by atoms with E-state index in [9.17, 15) is 19.2 Å². The summed E-state index contributed by atoms with van der Waals surface area (Å²) in [5.74, 6) is 0.144. The molecule has 0 saturated carbocycles. The molecule has 6 aromatic carbocycles. The molecular weight excluding hydrogens is 713 g/mol. The summed E-state index contributed by atoms with van der Waals surface area (Å²) < 4.78 is 11.6. The van der Waals surface area contributed by atoms with Crippen molar-refractivity contribution in [3.8, 4) is 28.4 Å². The molecule has 0 aliphatic carbocycles. The van der Waals surface area contributed by atoms with Crippen LogP contribution in [0.2, 0.25) is 0 Å². The van der Waals surface area contributed by atoms with Gasteiger partial charge in [0.2, 0.25) is 0 Å². The number of carbonyl (C=O) groups is 4. The molecule has 284 valence electrons. The van der Waals surface area contributed by atoms with Crippen molar-refractivity contribution in [2.24, 2.45) is 0 Å². The zero-order valence-corrected chi connectivity index (χ0v) is 32.5. The molecule has 8 rings (SSSR count). The maximum Gasteiger partial charge on any atom is 0.266 e. The first-order valence-electron chi connectivity index (χ1n) is 19.2. The summed E-state index contributed by atoms with van der Waals surface area (Å²) in [5.41, 5.74) is 4.92. The topological polar surface area (TPSA) is 93.2 Å². The zero-order valence-electron chi connectivity index (χ0n) is 32.5. The van der Waals surface area contributed by atoms with Crippen LogP contribution in [0.5, 0.6) is 17.2 Å². The minimum Gasteiger partial charge on any atom is -0.497 e. The highest BCUT2D eigenvalue weighted by Gasteiger charge is 2.49. The Hall–Kier alpha value is -6.80. The second-order valence-electron chi connectivity index (χ2n) is 15.0. The third-order valence-electron chi connectivity index (χ3n) is 11.7. The van der Waals surface area contributed by atoms with Crippen LogP contribution < -0.4 is 14.4 Å². The lowest BCUT2D eigenvalue weighted by molar-refractivity contribution is 0.0386. The third-order valence-corrected chi connectivity index (χ3v) is 11.7. The predicted octanol–water partition coefficient (Wildman–Crippen LogP) is 10.6. The maximum absolute atomic E-state index is 14.3. The Morgan fingerprint density at radius 1 is 0.491 bits per heavy atom. The van der Waals surface area contributed by atoms with Crippen LogP contribution in [0.1, 0.15) is 98.7 Å². The largest absolute Gasteiger partial charge is 0.497 e. The van der Waals surface area contributed by atoms with Gasteiger partial charge in [-0.2, -0.15) is 0 Å². The number of anilines is 1. The number of nitrogens with zero attached hydrogens (tertiary/aromatic N) is 2. The number of imide groups is 2. The molecule has 0 bridgehead atoms. The van der Waals surface area contributed by atoms with Crippen molar-refractivity contribution in [3.05, 3.63) is 178 Å². The quantitative estimate of drug-likeness (QED) is 0.122. The van der Waals surface area contributed by atoms with E-state index < -0.39 is 29.2 Å². The number of rotatable bonds is 11. The summed E-state index contributed by atoms with van der Waals surface area (Å²) >= 11 is 0. The molecule has 6 aromatic rings. The molecule has 8 nitrogen and oxygen atoms in total. The minimum absolute atomic E-state index is 0.256. The monoisotopic (exact) mass is 754 g/mol. The molecule has 0 atom stereocenters. The Morgan fingerprint density at radius 3 is 1.70 bits per heavy atom. The Bertz CT molecular complexity index is 2550. The van der Waals surface area contributed by atoms with Gasteiger partial charge in [0.1, 0.15) is 17.2 Å². The summed E-state index contributed by atoms with van der Waals surface area (Å²) in [4.78, 5) is 58.7.